The van der Waals surface area contributed by atoms with Crippen LogP contribution in [0.3, 0.4) is 0 Å². The SMILES string of the molecule is C#Cc1cccc(Nc2ncnc3cc(OC)c(O[C@H]4CC[C@H](N5C(=O)c6ccccc6C5=O)CC4)cc23)c1. The molecule has 194 valence electrons. The van der Waals surface area contributed by atoms with Gasteiger partial charge in [-0.3, -0.25) is 14.5 Å². The smallest absolute Gasteiger partial charge is 0.261 e. The fourth-order valence-corrected chi connectivity index (χ4v) is 5.38. The van der Waals surface area contributed by atoms with Gasteiger partial charge in [-0.15, -0.1) is 6.42 Å². The number of aromatic nitrogens is 2. The molecule has 8 heteroatoms. The molecule has 1 saturated carbocycles. The summed E-state index contributed by atoms with van der Waals surface area (Å²) >= 11 is 0. The number of ether oxygens (including phenoxy) is 2. The first-order valence-electron chi connectivity index (χ1n) is 12.9. The van der Waals surface area contributed by atoms with Crippen molar-refractivity contribution in [1.29, 1.82) is 0 Å². The van der Waals surface area contributed by atoms with Gasteiger partial charge < -0.3 is 14.8 Å². The van der Waals surface area contributed by atoms with E-state index in [0.717, 1.165) is 16.6 Å². The molecule has 4 aromatic rings. The standard InChI is InChI=1S/C31H26N4O4/c1-3-19-7-6-8-20(15-19)34-29-25-16-28(27(38-2)17-26(25)32-18-33-29)39-22-13-11-21(12-14-22)35-30(36)23-9-4-5-10-24(23)31(35)37/h1,4-10,15-18,21-22H,11-14H2,2H3,(H,32,33,34)/t21-,22-. The molecule has 8 nitrogen and oxygen atoms in total. The lowest BCUT2D eigenvalue weighted by molar-refractivity contribution is 0.0476. The predicted octanol–water partition coefficient (Wildman–Crippen LogP) is 5.35. The van der Waals surface area contributed by atoms with Gasteiger partial charge in [0.25, 0.3) is 11.8 Å². The molecule has 1 aromatic heterocycles. The topological polar surface area (TPSA) is 93.7 Å². The number of carbonyl (C=O) groups excluding carboxylic acids is 2. The van der Waals surface area contributed by atoms with Gasteiger partial charge >= 0.3 is 0 Å². The van der Waals surface area contributed by atoms with Gasteiger partial charge in [0.2, 0.25) is 0 Å². The van der Waals surface area contributed by atoms with E-state index in [1.807, 2.05) is 36.4 Å². The van der Waals surface area contributed by atoms with Crippen molar-refractivity contribution in [2.75, 3.05) is 12.4 Å². The molecular formula is C31H26N4O4. The fourth-order valence-electron chi connectivity index (χ4n) is 5.38. The molecule has 1 aliphatic carbocycles. The Labute approximate surface area is 226 Å². The van der Waals surface area contributed by atoms with Gasteiger partial charge in [-0.2, -0.15) is 0 Å². The van der Waals surface area contributed by atoms with Crippen LogP contribution in [0.25, 0.3) is 10.9 Å². The van der Waals surface area contributed by atoms with Gasteiger partial charge in [0.1, 0.15) is 12.1 Å². The Morgan fingerprint density at radius 1 is 0.923 bits per heavy atom. The van der Waals surface area contributed by atoms with Crippen molar-refractivity contribution >= 4 is 34.2 Å². The minimum absolute atomic E-state index is 0.0869. The summed E-state index contributed by atoms with van der Waals surface area (Å²) in [4.78, 5) is 36.1. The van der Waals surface area contributed by atoms with E-state index in [1.54, 1.807) is 31.4 Å². The average Bonchev–Trinajstić information content (AvgIpc) is 3.23. The Morgan fingerprint density at radius 3 is 2.36 bits per heavy atom. The molecule has 2 aliphatic rings. The second-order valence-electron chi connectivity index (χ2n) is 9.67. The van der Waals surface area contributed by atoms with Crippen LogP contribution in [0, 0.1) is 12.3 Å². The van der Waals surface area contributed by atoms with Gasteiger partial charge in [-0.25, -0.2) is 9.97 Å². The number of terminal acetylenes is 1. The number of nitrogens with zero attached hydrogens (tertiary/aromatic N) is 3. The van der Waals surface area contributed by atoms with Gasteiger partial charge in [-0.1, -0.05) is 24.1 Å². The Morgan fingerprint density at radius 2 is 1.67 bits per heavy atom. The predicted molar refractivity (Wildman–Crippen MR) is 147 cm³/mol. The Balaban J connectivity index is 1.20. The number of hydrogen-bond donors (Lipinski definition) is 1. The van der Waals surface area contributed by atoms with Gasteiger partial charge in [0, 0.05) is 28.7 Å². The van der Waals surface area contributed by atoms with Crippen LogP contribution in [0.15, 0.2) is 67.0 Å². The van der Waals surface area contributed by atoms with Gasteiger partial charge in [-0.05, 0) is 62.1 Å². The van der Waals surface area contributed by atoms with E-state index in [4.69, 9.17) is 15.9 Å². The van der Waals surface area contributed by atoms with E-state index in [2.05, 4.69) is 21.2 Å². The van der Waals surface area contributed by atoms with Crippen molar-refractivity contribution in [1.82, 2.24) is 14.9 Å². The average molecular weight is 519 g/mol. The summed E-state index contributed by atoms with van der Waals surface area (Å²) < 4.78 is 12.1. The van der Waals surface area contributed by atoms with Crippen LogP contribution >= 0.6 is 0 Å². The van der Waals surface area contributed by atoms with Crippen molar-refractivity contribution in [2.24, 2.45) is 0 Å². The van der Waals surface area contributed by atoms with Crippen LogP contribution in [0.4, 0.5) is 11.5 Å². The van der Waals surface area contributed by atoms with Gasteiger partial charge in [0.15, 0.2) is 11.5 Å². The first-order chi connectivity index (χ1) is 19.1. The zero-order valence-corrected chi connectivity index (χ0v) is 21.4. The highest BCUT2D eigenvalue weighted by atomic mass is 16.5. The molecular weight excluding hydrogens is 492 g/mol. The Hall–Kier alpha value is -4.90. The zero-order chi connectivity index (χ0) is 26.9. The molecule has 3 aromatic carbocycles. The molecule has 0 spiro atoms. The monoisotopic (exact) mass is 518 g/mol. The molecule has 1 N–H and O–H groups in total. The van der Waals surface area contributed by atoms with Crippen molar-refractivity contribution in [3.8, 4) is 23.8 Å². The summed E-state index contributed by atoms with van der Waals surface area (Å²) in [6.07, 6.45) is 9.71. The fraction of sp³-hybridized carbons (Fsp3) is 0.226. The van der Waals surface area contributed by atoms with Crippen LogP contribution in [0.5, 0.6) is 11.5 Å². The third kappa shape index (κ3) is 4.53. The second kappa shape index (κ2) is 10.1. The van der Waals surface area contributed by atoms with Crippen molar-refractivity contribution in [2.45, 2.75) is 37.8 Å². The highest BCUT2D eigenvalue weighted by Crippen LogP contribution is 2.38. The van der Waals surface area contributed by atoms with E-state index in [0.29, 0.717) is 59.6 Å². The molecule has 0 radical (unpaired) electrons. The number of fused-ring (bicyclic) bond motifs is 2. The molecule has 0 saturated heterocycles. The summed E-state index contributed by atoms with van der Waals surface area (Å²) in [5.41, 5.74) is 3.26. The first kappa shape index (κ1) is 24.4. The van der Waals surface area contributed by atoms with Crippen LogP contribution in [-0.2, 0) is 0 Å². The van der Waals surface area contributed by atoms with Crippen LogP contribution in [-0.4, -0.2) is 45.9 Å². The maximum absolute atomic E-state index is 12.9. The molecule has 0 unspecified atom stereocenters. The molecule has 0 bridgehead atoms. The number of hydrogen-bond acceptors (Lipinski definition) is 7. The minimum atomic E-state index is -0.205. The highest BCUT2D eigenvalue weighted by molar-refractivity contribution is 6.21. The van der Waals surface area contributed by atoms with Crippen molar-refractivity contribution in [3.05, 3.63) is 83.7 Å². The lowest BCUT2D eigenvalue weighted by atomic mass is 9.91. The van der Waals surface area contributed by atoms with Gasteiger partial charge in [0.05, 0.1) is 29.9 Å². The van der Waals surface area contributed by atoms with Crippen LogP contribution < -0.4 is 14.8 Å². The molecule has 2 amide bonds. The molecule has 1 aliphatic heterocycles. The molecule has 39 heavy (non-hydrogen) atoms. The van der Waals surface area contributed by atoms with Crippen LogP contribution in [0.1, 0.15) is 52.0 Å². The largest absolute Gasteiger partial charge is 0.493 e. The maximum atomic E-state index is 12.9. The lowest BCUT2D eigenvalue weighted by Gasteiger charge is -2.33. The molecule has 2 heterocycles. The van der Waals surface area contributed by atoms with E-state index in [9.17, 15) is 9.59 Å². The number of rotatable bonds is 6. The molecule has 1 fully saturated rings. The maximum Gasteiger partial charge on any atom is 0.261 e. The van der Waals surface area contributed by atoms with Crippen molar-refractivity contribution < 1.29 is 19.1 Å². The van der Waals surface area contributed by atoms with E-state index >= 15 is 0 Å². The molecule has 6 rings (SSSR count). The Kier molecular flexibility index (Phi) is 6.33. The number of carbonyl (C=O) groups is 2. The third-order valence-electron chi connectivity index (χ3n) is 7.34. The van der Waals surface area contributed by atoms with Crippen molar-refractivity contribution in [3.63, 3.8) is 0 Å². The minimum Gasteiger partial charge on any atom is -0.493 e. The third-order valence-corrected chi connectivity index (χ3v) is 7.34. The number of anilines is 2. The number of amides is 2. The summed E-state index contributed by atoms with van der Waals surface area (Å²) in [6, 6.07) is 18.1. The number of nitrogens with one attached hydrogen (secondary N) is 1. The number of benzene rings is 3. The van der Waals surface area contributed by atoms with E-state index in [1.165, 1.54) is 11.2 Å². The van der Waals surface area contributed by atoms with Crippen LogP contribution in [0.2, 0.25) is 0 Å². The highest BCUT2D eigenvalue weighted by Gasteiger charge is 2.41. The number of methoxy groups -OCH3 is 1. The van der Waals surface area contributed by atoms with E-state index < -0.39 is 0 Å². The normalized spacial score (nSPS) is 18.5. The number of imide groups is 1. The Bertz CT molecular complexity index is 1600. The first-order valence-corrected chi connectivity index (χ1v) is 12.9. The lowest BCUT2D eigenvalue weighted by Crippen LogP contribution is -2.43. The summed E-state index contributed by atoms with van der Waals surface area (Å²) in [5.74, 6) is 4.01. The molecule has 0 atom stereocenters. The van der Waals surface area contributed by atoms with E-state index in [-0.39, 0.29) is 24.0 Å². The zero-order valence-electron chi connectivity index (χ0n) is 21.4. The summed E-state index contributed by atoms with van der Waals surface area (Å²) in [7, 11) is 1.60. The quantitative estimate of drug-likeness (QED) is 0.272. The summed E-state index contributed by atoms with van der Waals surface area (Å²) in [5, 5.41) is 4.11. The summed E-state index contributed by atoms with van der Waals surface area (Å²) in [6.45, 7) is 0. The second-order valence-corrected chi connectivity index (χ2v) is 9.67.